The third-order valence-corrected chi connectivity index (χ3v) is 1.86. The fraction of sp³-hybridized carbons (Fsp3) is 0.750. The molecule has 0 saturated carbocycles. The zero-order chi connectivity index (χ0) is 9.84. The van der Waals surface area contributed by atoms with Crippen LogP contribution in [0.2, 0.25) is 0 Å². The smallest absolute Gasteiger partial charge is 0.321 e. The van der Waals surface area contributed by atoms with Crippen molar-refractivity contribution >= 4 is 6.01 Å². The van der Waals surface area contributed by atoms with E-state index in [2.05, 4.69) is 15.5 Å². The lowest BCUT2D eigenvalue weighted by Gasteiger charge is -2.17. The molecule has 0 aromatic carbocycles. The van der Waals surface area contributed by atoms with Gasteiger partial charge in [0.15, 0.2) is 5.82 Å². The van der Waals surface area contributed by atoms with Gasteiger partial charge < -0.3 is 14.9 Å². The van der Waals surface area contributed by atoms with Gasteiger partial charge in [-0.05, 0) is 20.3 Å². The molecule has 0 aliphatic carbocycles. The first kappa shape index (κ1) is 9.98. The molecule has 2 N–H and O–H groups in total. The molecule has 5 nitrogen and oxygen atoms in total. The summed E-state index contributed by atoms with van der Waals surface area (Å²) >= 11 is 0. The van der Waals surface area contributed by atoms with Crippen molar-refractivity contribution in [3.05, 3.63) is 5.82 Å². The Balaban J connectivity index is 2.56. The van der Waals surface area contributed by atoms with Crippen LogP contribution in [0.5, 0.6) is 0 Å². The lowest BCUT2D eigenvalue weighted by Crippen LogP contribution is -2.30. The van der Waals surface area contributed by atoms with Crippen LogP contribution in [0.25, 0.3) is 0 Å². The Kier molecular flexibility index (Phi) is 3.25. The number of nitrogens with one attached hydrogen (secondary N) is 1. The molecule has 1 heterocycles. The second-order valence-corrected chi connectivity index (χ2v) is 3.05. The Morgan fingerprint density at radius 2 is 2.31 bits per heavy atom. The lowest BCUT2D eigenvalue weighted by atomic mass is 10.1. The first-order valence-electron chi connectivity index (χ1n) is 4.38. The van der Waals surface area contributed by atoms with E-state index in [1.807, 2.05) is 6.92 Å². The van der Waals surface area contributed by atoms with Gasteiger partial charge in [0, 0.05) is 0 Å². The van der Waals surface area contributed by atoms with Crippen LogP contribution < -0.4 is 5.32 Å². The van der Waals surface area contributed by atoms with E-state index in [1.54, 1.807) is 13.8 Å². The summed E-state index contributed by atoms with van der Waals surface area (Å²) in [6.07, 6.45) is 0.372. The molecule has 13 heavy (non-hydrogen) atoms. The number of rotatable bonds is 4. The number of anilines is 1. The van der Waals surface area contributed by atoms with E-state index in [9.17, 15) is 5.11 Å². The van der Waals surface area contributed by atoms with Crippen LogP contribution in [0.3, 0.4) is 0 Å². The van der Waals surface area contributed by atoms with Crippen LogP contribution in [0, 0.1) is 6.92 Å². The van der Waals surface area contributed by atoms with Gasteiger partial charge in [-0.25, -0.2) is 0 Å². The maximum atomic E-state index is 9.33. The van der Waals surface area contributed by atoms with E-state index in [4.69, 9.17) is 4.52 Å². The number of aliphatic hydroxyl groups excluding tert-OH is 1. The molecule has 0 bridgehead atoms. The topological polar surface area (TPSA) is 71.2 Å². The molecule has 0 amide bonds. The van der Waals surface area contributed by atoms with Crippen molar-refractivity contribution < 1.29 is 9.63 Å². The van der Waals surface area contributed by atoms with Gasteiger partial charge in [-0.15, -0.1) is 0 Å². The number of aliphatic hydroxyl groups is 1. The van der Waals surface area contributed by atoms with Gasteiger partial charge in [-0.1, -0.05) is 12.1 Å². The Morgan fingerprint density at radius 1 is 1.62 bits per heavy atom. The van der Waals surface area contributed by atoms with Crippen LogP contribution in [-0.4, -0.2) is 27.4 Å². The maximum absolute atomic E-state index is 9.33. The second-order valence-electron chi connectivity index (χ2n) is 3.05. The van der Waals surface area contributed by atoms with Crippen molar-refractivity contribution in [2.75, 3.05) is 5.32 Å². The van der Waals surface area contributed by atoms with E-state index in [1.165, 1.54) is 0 Å². The summed E-state index contributed by atoms with van der Waals surface area (Å²) in [6.45, 7) is 5.45. The van der Waals surface area contributed by atoms with Crippen molar-refractivity contribution in [2.24, 2.45) is 0 Å². The van der Waals surface area contributed by atoms with Crippen LogP contribution >= 0.6 is 0 Å². The highest BCUT2D eigenvalue weighted by molar-refractivity contribution is 5.20. The van der Waals surface area contributed by atoms with E-state index < -0.39 is 6.10 Å². The van der Waals surface area contributed by atoms with Gasteiger partial charge in [0.25, 0.3) is 0 Å². The highest BCUT2D eigenvalue weighted by Crippen LogP contribution is 2.08. The van der Waals surface area contributed by atoms with Gasteiger partial charge in [-0.2, -0.15) is 4.98 Å². The number of hydrogen-bond acceptors (Lipinski definition) is 5. The average Bonchev–Trinajstić information content (AvgIpc) is 2.46. The third-order valence-electron chi connectivity index (χ3n) is 1.86. The summed E-state index contributed by atoms with van der Waals surface area (Å²) in [6, 6.07) is 0.324. The molecule has 74 valence electrons. The summed E-state index contributed by atoms with van der Waals surface area (Å²) in [5.74, 6) is 0.586. The fourth-order valence-corrected chi connectivity index (χ4v) is 1.08. The quantitative estimate of drug-likeness (QED) is 0.730. The third kappa shape index (κ3) is 2.69. The van der Waals surface area contributed by atoms with Crippen molar-refractivity contribution in [2.45, 2.75) is 39.3 Å². The van der Waals surface area contributed by atoms with E-state index in [0.717, 1.165) is 6.42 Å². The maximum Gasteiger partial charge on any atom is 0.321 e. The summed E-state index contributed by atoms with van der Waals surface area (Å²) in [5.41, 5.74) is 0. The molecule has 1 aromatic heterocycles. The minimum absolute atomic E-state index is 0.0418. The predicted molar refractivity (Wildman–Crippen MR) is 48.4 cm³/mol. The minimum atomic E-state index is -0.433. The van der Waals surface area contributed by atoms with Gasteiger partial charge in [-0.3, -0.25) is 0 Å². The molecule has 0 fully saturated rings. The Bertz CT molecular complexity index is 260. The number of aryl methyl sites for hydroxylation is 1. The first-order chi connectivity index (χ1) is 6.13. The summed E-state index contributed by atoms with van der Waals surface area (Å²) in [7, 11) is 0. The number of nitrogens with zero attached hydrogens (tertiary/aromatic N) is 2. The molecule has 5 heteroatoms. The average molecular weight is 185 g/mol. The number of hydrogen-bond donors (Lipinski definition) is 2. The Hall–Kier alpha value is -1.10. The van der Waals surface area contributed by atoms with Gasteiger partial charge in [0.05, 0.1) is 12.1 Å². The molecule has 2 unspecified atom stereocenters. The van der Waals surface area contributed by atoms with E-state index in [-0.39, 0.29) is 6.04 Å². The van der Waals surface area contributed by atoms with E-state index in [0.29, 0.717) is 11.8 Å². The fourth-order valence-electron chi connectivity index (χ4n) is 1.08. The monoisotopic (exact) mass is 185 g/mol. The van der Waals surface area contributed by atoms with Crippen molar-refractivity contribution in [1.82, 2.24) is 10.1 Å². The highest BCUT2D eigenvalue weighted by Gasteiger charge is 2.14. The van der Waals surface area contributed by atoms with Crippen LogP contribution in [0.1, 0.15) is 26.1 Å². The Labute approximate surface area is 77.2 Å². The second kappa shape index (κ2) is 4.23. The molecule has 0 saturated heterocycles. The summed E-state index contributed by atoms with van der Waals surface area (Å²) in [5, 5.41) is 15.9. The van der Waals surface area contributed by atoms with Crippen molar-refractivity contribution in [1.29, 1.82) is 0 Å². The molecule has 0 aliphatic heterocycles. The van der Waals surface area contributed by atoms with Crippen LogP contribution in [0.4, 0.5) is 6.01 Å². The molecule has 2 atom stereocenters. The van der Waals surface area contributed by atoms with Gasteiger partial charge in [0.1, 0.15) is 0 Å². The lowest BCUT2D eigenvalue weighted by molar-refractivity contribution is 0.167. The summed E-state index contributed by atoms with van der Waals surface area (Å²) < 4.78 is 4.86. The molecule has 1 aromatic rings. The molecule has 0 radical (unpaired) electrons. The zero-order valence-electron chi connectivity index (χ0n) is 8.11. The largest absolute Gasteiger partial charge is 0.391 e. The van der Waals surface area contributed by atoms with Crippen molar-refractivity contribution in [3.8, 4) is 0 Å². The molecule has 0 aliphatic rings. The standard InChI is InChI=1S/C8H15N3O2/c1-4-7(5(2)12)10-8-9-6(3)11-13-8/h5,7,12H,4H2,1-3H3,(H,9,10,11). The normalized spacial score (nSPS) is 15.4. The molecular weight excluding hydrogens is 170 g/mol. The van der Waals surface area contributed by atoms with Gasteiger partial charge >= 0.3 is 6.01 Å². The number of aromatic nitrogens is 2. The SMILES string of the molecule is CCC(Nc1nc(C)no1)C(C)O. The molecular formula is C8H15N3O2. The van der Waals surface area contributed by atoms with Crippen LogP contribution in [-0.2, 0) is 0 Å². The van der Waals surface area contributed by atoms with Crippen LogP contribution in [0.15, 0.2) is 4.52 Å². The molecule has 0 spiro atoms. The highest BCUT2D eigenvalue weighted by atomic mass is 16.5. The predicted octanol–water partition coefficient (Wildman–Crippen LogP) is 0.949. The van der Waals surface area contributed by atoms with E-state index >= 15 is 0 Å². The van der Waals surface area contributed by atoms with Crippen molar-refractivity contribution in [3.63, 3.8) is 0 Å². The first-order valence-corrected chi connectivity index (χ1v) is 4.38. The minimum Gasteiger partial charge on any atom is -0.391 e. The zero-order valence-corrected chi connectivity index (χ0v) is 8.11. The molecule has 1 rings (SSSR count). The Morgan fingerprint density at radius 3 is 2.69 bits per heavy atom. The van der Waals surface area contributed by atoms with Gasteiger partial charge in [0.2, 0.25) is 0 Å². The summed E-state index contributed by atoms with van der Waals surface area (Å²) in [4.78, 5) is 3.98.